The molecule has 0 saturated carbocycles. The molecule has 1 aromatic carbocycles. The lowest BCUT2D eigenvalue weighted by molar-refractivity contribution is -0.109. The number of thioether (sulfide) groups is 1. The molecular formula is C13H16O2S. The van der Waals surface area contributed by atoms with Crippen molar-refractivity contribution in [2.75, 3.05) is 5.75 Å². The standard InChI is InChI=1S/C13H16O2S/c1-10-5-6-12(9-14)8-13(10)4-3-7-16-11(2)15/h3-6,8,14H,7,9H2,1-2H3. The van der Waals surface area contributed by atoms with E-state index in [-0.39, 0.29) is 11.7 Å². The van der Waals surface area contributed by atoms with Crippen molar-refractivity contribution in [3.63, 3.8) is 0 Å². The molecule has 1 rings (SSSR count). The molecule has 0 amide bonds. The topological polar surface area (TPSA) is 37.3 Å². The predicted molar refractivity (Wildman–Crippen MR) is 69.3 cm³/mol. The number of carbonyl (C=O) groups is 1. The van der Waals surface area contributed by atoms with Crippen molar-refractivity contribution in [2.45, 2.75) is 20.5 Å². The van der Waals surface area contributed by atoms with Gasteiger partial charge in [0.05, 0.1) is 6.61 Å². The van der Waals surface area contributed by atoms with E-state index in [4.69, 9.17) is 5.11 Å². The first-order valence-corrected chi connectivity index (χ1v) is 6.12. The van der Waals surface area contributed by atoms with E-state index in [1.807, 2.05) is 37.3 Å². The molecule has 0 spiro atoms. The fourth-order valence-electron chi connectivity index (χ4n) is 1.31. The summed E-state index contributed by atoms with van der Waals surface area (Å²) in [5.41, 5.74) is 3.17. The molecule has 1 N–H and O–H groups in total. The maximum Gasteiger partial charge on any atom is 0.186 e. The maximum atomic E-state index is 10.7. The first-order valence-electron chi connectivity index (χ1n) is 5.13. The molecule has 86 valence electrons. The Bertz CT molecular complexity index is 397. The first kappa shape index (κ1) is 13.0. The van der Waals surface area contributed by atoms with Crippen molar-refractivity contribution in [1.29, 1.82) is 0 Å². The highest BCUT2D eigenvalue weighted by Crippen LogP contribution is 2.13. The van der Waals surface area contributed by atoms with Gasteiger partial charge in [-0.3, -0.25) is 4.79 Å². The van der Waals surface area contributed by atoms with Gasteiger partial charge < -0.3 is 5.11 Å². The van der Waals surface area contributed by atoms with Crippen LogP contribution in [0.5, 0.6) is 0 Å². The highest BCUT2D eigenvalue weighted by atomic mass is 32.2. The van der Waals surface area contributed by atoms with Gasteiger partial charge in [-0.25, -0.2) is 0 Å². The fourth-order valence-corrected chi connectivity index (χ4v) is 1.74. The van der Waals surface area contributed by atoms with Crippen LogP contribution in [0.3, 0.4) is 0 Å². The summed E-state index contributed by atoms with van der Waals surface area (Å²) >= 11 is 1.29. The Hall–Kier alpha value is -1.06. The van der Waals surface area contributed by atoms with Crippen LogP contribution in [-0.4, -0.2) is 16.0 Å². The van der Waals surface area contributed by atoms with Gasteiger partial charge in [-0.05, 0) is 29.7 Å². The van der Waals surface area contributed by atoms with Gasteiger partial charge in [0.1, 0.15) is 0 Å². The van der Waals surface area contributed by atoms with E-state index >= 15 is 0 Å². The van der Waals surface area contributed by atoms with Gasteiger partial charge in [0.15, 0.2) is 5.12 Å². The van der Waals surface area contributed by atoms with E-state index in [1.54, 1.807) is 6.92 Å². The minimum atomic E-state index is 0.0588. The zero-order chi connectivity index (χ0) is 12.0. The molecule has 0 aliphatic carbocycles. The van der Waals surface area contributed by atoms with Crippen molar-refractivity contribution in [1.82, 2.24) is 0 Å². The summed E-state index contributed by atoms with van der Waals surface area (Å²) in [7, 11) is 0. The summed E-state index contributed by atoms with van der Waals surface area (Å²) < 4.78 is 0. The fraction of sp³-hybridized carbons (Fsp3) is 0.308. The van der Waals surface area contributed by atoms with Crippen LogP contribution in [0, 0.1) is 6.92 Å². The lowest BCUT2D eigenvalue weighted by Gasteiger charge is -2.03. The lowest BCUT2D eigenvalue weighted by atomic mass is 10.1. The van der Waals surface area contributed by atoms with Gasteiger partial charge in [0.25, 0.3) is 0 Å². The number of carbonyl (C=O) groups excluding carboxylic acids is 1. The van der Waals surface area contributed by atoms with E-state index in [0.29, 0.717) is 5.75 Å². The van der Waals surface area contributed by atoms with Gasteiger partial charge in [-0.2, -0.15) is 0 Å². The quantitative estimate of drug-likeness (QED) is 0.873. The smallest absolute Gasteiger partial charge is 0.186 e. The van der Waals surface area contributed by atoms with Crippen LogP contribution in [-0.2, 0) is 11.4 Å². The maximum absolute atomic E-state index is 10.7. The lowest BCUT2D eigenvalue weighted by Crippen LogP contribution is -1.87. The van der Waals surface area contributed by atoms with Crippen LogP contribution < -0.4 is 0 Å². The third-order valence-corrected chi connectivity index (χ3v) is 2.97. The van der Waals surface area contributed by atoms with Crippen LogP contribution in [0.1, 0.15) is 23.6 Å². The number of rotatable bonds is 4. The van der Waals surface area contributed by atoms with E-state index in [9.17, 15) is 4.79 Å². The minimum absolute atomic E-state index is 0.0588. The second kappa shape index (κ2) is 6.51. The summed E-state index contributed by atoms with van der Waals surface area (Å²) in [6, 6.07) is 5.87. The number of benzene rings is 1. The molecule has 0 aliphatic heterocycles. The highest BCUT2D eigenvalue weighted by molar-refractivity contribution is 8.13. The Morgan fingerprint density at radius 1 is 1.50 bits per heavy atom. The van der Waals surface area contributed by atoms with Crippen molar-refractivity contribution in [3.05, 3.63) is 41.0 Å². The molecule has 2 nitrogen and oxygen atoms in total. The summed E-state index contributed by atoms with van der Waals surface area (Å²) in [5, 5.41) is 9.15. The molecule has 0 unspecified atom stereocenters. The third-order valence-electron chi connectivity index (χ3n) is 2.21. The molecule has 0 radical (unpaired) electrons. The van der Waals surface area contributed by atoms with Crippen LogP contribution in [0.4, 0.5) is 0 Å². The zero-order valence-electron chi connectivity index (χ0n) is 9.56. The van der Waals surface area contributed by atoms with Crippen molar-refractivity contribution < 1.29 is 9.90 Å². The molecule has 0 aliphatic rings. The molecular weight excluding hydrogens is 220 g/mol. The number of hydrogen-bond acceptors (Lipinski definition) is 3. The zero-order valence-corrected chi connectivity index (χ0v) is 10.4. The van der Waals surface area contributed by atoms with Gasteiger partial charge in [-0.15, -0.1) is 0 Å². The summed E-state index contributed by atoms with van der Waals surface area (Å²) in [6.07, 6.45) is 3.96. The molecule has 0 fully saturated rings. The Kier molecular flexibility index (Phi) is 5.29. The van der Waals surface area contributed by atoms with E-state index in [2.05, 4.69) is 0 Å². The highest BCUT2D eigenvalue weighted by Gasteiger charge is 1.96. The Labute approximate surface area is 100 Å². The summed E-state index contributed by atoms with van der Waals surface area (Å²) in [4.78, 5) is 10.7. The molecule has 0 heterocycles. The number of aliphatic hydroxyl groups excluding tert-OH is 1. The molecule has 16 heavy (non-hydrogen) atoms. The molecule has 0 aromatic heterocycles. The molecule has 3 heteroatoms. The van der Waals surface area contributed by atoms with E-state index in [0.717, 1.165) is 11.1 Å². The summed E-state index contributed by atoms with van der Waals surface area (Å²) in [5.74, 6) is 0.693. The van der Waals surface area contributed by atoms with Crippen molar-refractivity contribution >= 4 is 23.0 Å². The van der Waals surface area contributed by atoms with Crippen LogP contribution in [0.25, 0.3) is 6.08 Å². The molecule has 0 saturated heterocycles. The van der Waals surface area contributed by atoms with Gasteiger partial charge >= 0.3 is 0 Å². The number of hydrogen-bond donors (Lipinski definition) is 1. The minimum Gasteiger partial charge on any atom is -0.392 e. The number of aryl methyl sites for hydroxylation is 1. The summed E-state index contributed by atoms with van der Waals surface area (Å²) in [6.45, 7) is 3.65. The predicted octanol–water partition coefficient (Wildman–Crippen LogP) is 2.78. The van der Waals surface area contributed by atoms with E-state index < -0.39 is 0 Å². The van der Waals surface area contributed by atoms with Crippen LogP contribution >= 0.6 is 11.8 Å². The van der Waals surface area contributed by atoms with Crippen molar-refractivity contribution in [2.24, 2.45) is 0 Å². The Balaban J connectivity index is 2.68. The largest absolute Gasteiger partial charge is 0.392 e. The molecule has 0 atom stereocenters. The normalized spacial score (nSPS) is 10.9. The second-order valence-corrected chi connectivity index (χ2v) is 4.75. The average Bonchev–Trinajstić information content (AvgIpc) is 2.26. The van der Waals surface area contributed by atoms with Gasteiger partial charge in [-0.1, -0.05) is 36.0 Å². The number of aliphatic hydroxyl groups is 1. The van der Waals surface area contributed by atoms with Crippen LogP contribution in [0.2, 0.25) is 0 Å². The van der Waals surface area contributed by atoms with Crippen LogP contribution in [0.15, 0.2) is 24.3 Å². The Morgan fingerprint density at radius 3 is 2.88 bits per heavy atom. The first-order chi connectivity index (χ1) is 7.63. The van der Waals surface area contributed by atoms with Gasteiger partial charge in [0.2, 0.25) is 0 Å². The molecule has 1 aromatic rings. The second-order valence-electron chi connectivity index (χ2n) is 3.55. The Morgan fingerprint density at radius 2 is 2.25 bits per heavy atom. The SMILES string of the molecule is CC(=O)SCC=Cc1cc(CO)ccc1C. The third kappa shape index (κ3) is 4.21. The van der Waals surface area contributed by atoms with Gasteiger partial charge in [0, 0.05) is 12.7 Å². The monoisotopic (exact) mass is 236 g/mol. The van der Waals surface area contributed by atoms with Crippen molar-refractivity contribution in [3.8, 4) is 0 Å². The molecule has 0 bridgehead atoms. The average molecular weight is 236 g/mol. The van der Waals surface area contributed by atoms with E-state index in [1.165, 1.54) is 17.3 Å².